The SMILES string of the molecule is CCNC(=NCC(=O)N(C)CC(F)(F)F)NCCCOCCOC. The third kappa shape index (κ3) is 12.9. The van der Waals surface area contributed by atoms with Crippen LogP contribution < -0.4 is 10.6 Å². The Kier molecular flexibility index (Phi) is 12.0. The fourth-order valence-electron chi connectivity index (χ4n) is 1.59. The summed E-state index contributed by atoms with van der Waals surface area (Å²) in [5.41, 5.74) is 0. The molecule has 0 aliphatic carbocycles. The molecule has 0 unspecified atom stereocenters. The second-order valence-electron chi connectivity index (χ2n) is 4.95. The molecule has 0 saturated heterocycles. The van der Waals surface area contributed by atoms with Crippen molar-refractivity contribution in [3.05, 3.63) is 0 Å². The van der Waals surface area contributed by atoms with E-state index in [4.69, 9.17) is 9.47 Å². The maximum Gasteiger partial charge on any atom is 0.406 e. The Hall–Kier alpha value is -1.55. The van der Waals surface area contributed by atoms with Gasteiger partial charge in [-0.05, 0) is 13.3 Å². The molecule has 0 atom stereocenters. The number of aliphatic imine (C=N–C) groups is 1. The zero-order valence-electron chi connectivity index (χ0n) is 14.4. The third-order valence-electron chi connectivity index (χ3n) is 2.75. The van der Waals surface area contributed by atoms with Crippen LogP contribution in [0.4, 0.5) is 13.2 Å². The maximum atomic E-state index is 12.2. The molecule has 2 N–H and O–H groups in total. The first-order chi connectivity index (χ1) is 11.3. The predicted molar refractivity (Wildman–Crippen MR) is 85.0 cm³/mol. The van der Waals surface area contributed by atoms with Crippen LogP contribution in [0.5, 0.6) is 0 Å². The standard InChI is InChI=1S/C14H27F3N4O3/c1-4-18-13(19-6-5-7-24-9-8-23-3)20-10-12(22)21(2)11-14(15,16)17/h4-11H2,1-3H3,(H2,18,19,20). The lowest BCUT2D eigenvalue weighted by molar-refractivity contribution is -0.157. The van der Waals surface area contributed by atoms with Crippen LogP contribution in [0, 0.1) is 0 Å². The first kappa shape index (κ1) is 22.4. The Bertz CT molecular complexity index is 379. The van der Waals surface area contributed by atoms with E-state index in [1.807, 2.05) is 6.92 Å². The predicted octanol–water partition coefficient (Wildman–Crippen LogP) is 0.615. The highest BCUT2D eigenvalue weighted by Gasteiger charge is 2.30. The van der Waals surface area contributed by atoms with E-state index < -0.39 is 18.6 Å². The number of halogens is 3. The van der Waals surface area contributed by atoms with E-state index in [-0.39, 0.29) is 6.54 Å². The number of ether oxygens (including phenoxy) is 2. The summed E-state index contributed by atoms with van der Waals surface area (Å²) in [7, 11) is 2.69. The Labute approximate surface area is 140 Å². The largest absolute Gasteiger partial charge is 0.406 e. The maximum absolute atomic E-state index is 12.2. The molecule has 0 aliphatic heterocycles. The van der Waals surface area contributed by atoms with Crippen molar-refractivity contribution in [3.8, 4) is 0 Å². The van der Waals surface area contributed by atoms with E-state index in [9.17, 15) is 18.0 Å². The summed E-state index contributed by atoms with van der Waals surface area (Å²) in [4.78, 5) is 16.2. The smallest absolute Gasteiger partial charge is 0.382 e. The van der Waals surface area contributed by atoms with Gasteiger partial charge in [-0.15, -0.1) is 0 Å². The van der Waals surface area contributed by atoms with Crippen molar-refractivity contribution in [2.75, 3.05) is 60.2 Å². The van der Waals surface area contributed by atoms with Crippen LogP contribution in [0.1, 0.15) is 13.3 Å². The van der Waals surface area contributed by atoms with Crippen molar-refractivity contribution in [2.45, 2.75) is 19.5 Å². The van der Waals surface area contributed by atoms with Crippen molar-refractivity contribution in [3.63, 3.8) is 0 Å². The first-order valence-electron chi connectivity index (χ1n) is 7.69. The summed E-state index contributed by atoms with van der Waals surface area (Å²) in [5, 5.41) is 5.91. The molecular formula is C14H27F3N4O3. The number of alkyl halides is 3. The number of rotatable bonds is 11. The highest BCUT2D eigenvalue weighted by atomic mass is 19.4. The van der Waals surface area contributed by atoms with Gasteiger partial charge in [0.25, 0.3) is 0 Å². The number of hydrogen-bond donors (Lipinski definition) is 2. The molecule has 0 radical (unpaired) electrons. The van der Waals surface area contributed by atoms with Crippen LogP contribution in [-0.2, 0) is 14.3 Å². The summed E-state index contributed by atoms with van der Waals surface area (Å²) < 4.78 is 46.8. The van der Waals surface area contributed by atoms with Crippen molar-refractivity contribution in [2.24, 2.45) is 4.99 Å². The Morgan fingerprint density at radius 1 is 1.21 bits per heavy atom. The lowest BCUT2D eigenvalue weighted by Gasteiger charge is -2.18. The number of hydrogen-bond acceptors (Lipinski definition) is 4. The number of amides is 1. The summed E-state index contributed by atoms with van der Waals surface area (Å²) in [5.74, 6) is -0.324. The van der Waals surface area contributed by atoms with E-state index in [2.05, 4.69) is 15.6 Å². The van der Waals surface area contributed by atoms with Crippen LogP contribution in [0.25, 0.3) is 0 Å². The van der Waals surface area contributed by atoms with Gasteiger partial charge in [-0.25, -0.2) is 4.99 Å². The van der Waals surface area contributed by atoms with E-state index >= 15 is 0 Å². The quantitative estimate of drug-likeness (QED) is 0.322. The number of carbonyl (C=O) groups excluding carboxylic acids is 1. The lowest BCUT2D eigenvalue weighted by atomic mass is 10.4. The van der Waals surface area contributed by atoms with E-state index in [1.54, 1.807) is 7.11 Å². The molecule has 1 amide bonds. The van der Waals surface area contributed by atoms with Gasteiger partial charge in [-0.2, -0.15) is 13.2 Å². The minimum absolute atomic E-state index is 0.355. The van der Waals surface area contributed by atoms with Gasteiger partial charge < -0.3 is 25.0 Å². The number of carbonyl (C=O) groups is 1. The number of nitrogens with one attached hydrogen (secondary N) is 2. The monoisotopic (exact) mass is 356 g/mol. The van der Waals surface area contributed by atoms with Gasteiger partial charge in [0.05, 0.1) is 13.2 Å². The van der Waals surface area contributed by atoms with Crippen molar-refractivity contribution in [1.82, 2.24) is 15.5 Å². The lowest BCUT2D eigenvalue weighted by Crippen LogP contribution is -2.40. The molecule has 0 spiro atoms. The molecule has 0 saturated carbocycles. The van der Waals surface area contributed by atoms with Crippen LogP contribution in [0.2, 0.25) is 0 Å². The second-order valence-corrected chi connectivity index (χ2v) is 4.95. The van der Waals surface area contributed by atoms with Crippen LogP contribution >= 0.6 is 0 Å². The third-order valence-corrected chi connectivity index (χ3v) is 2.75. The van der Waals surface area contributed by atoms with E-state index in [0.717, 1.165) is 13.5 Å². The van der Waals surface area contributed by atoms with Crippen molar-refractivity contribution >= 4 is 11.9 Å². The fourth-order valence-corrected chi connectivity index (χ4v) is 1.59. The fraction of sp³-hybridized carbons (Fsp3) is 0.857. The second kappa shape index (κ2) is 12.8. The van der Waals surface area contributed by atoms with E-state index in [0.29, 0.717) is 43.8 Å². The van der Waals surface area contributed by atoms with Gasteiger partial charge >= 0.3 is 6.18 Å². The molecule has 0 bridgehead atoms. The van der Waals surface area contributed by atoms with Crippen LogP contribution in [0.15, 0.2) is 4.99 Å². The number of likely N-dealkylation sites (N-methyl/N-ethyl adjacent to an activating group) is 1. The minimum Gasteiger partial charge on any atom is -0.382 e. The molecule has 0 aliphatic rings. The Balaban J connectivity index is 4.15. The first-order valence-corrected chi connectivity index (χ1v) is 7.69. The van der Waals surface area contributed by atoms with E-state index in [1.165, 1.54) is 0 Å². The van der Waals surface area contributed by atoms with Crippen LogP contribution in [-0.4, -0.2) is 83.1 Å². The highest BCUT2D eigenvalue weighted by Crippen LogP contribution is 2.15. The van der Waals surface area contributed by atoms with Gasteiger partial charge in [0.1, 0.15) is 13.1 Å². The number of methoxy groups -OCH3 is 1. The molecular weight excluding hydrogens is 329 g/mol. The average Bonchev–Trinajstić information content (AvgIpc) is 2.49. The van der Waals surface area contributed by atoms with Gasteiger partial charge in [-0.1, -0.05) is 0 Å². The summed E-state index contributed by atoms with van der Waals surface area (Å²) >= 11 is 0. The molecule has 142 valence electrons. The molecule has 0 aromatic carbocycles. The molecule has 0 heterocycles. The Morgan fingerprint density at radius 2 is 1.92 bits per heavy atom. The molecule has 24 heavy (non-hydrogen) atoms. The van der Waals surface area contributed by atoms with Crippen molar-refractivity contribution < 1.29 is 27.4 Å². The molecule has 7 nitrogen and oxygen atoms in total. The zero-order chi connectivity index (χ0) is 18.4. The molecule has 10 heteroatoms. The number of nitrogens with zero attached hydrogens (tertiary/aromatic N) is 2. The van der Waals surface area contributed by atoms with Crippen molar-refractivity contribution in [1.29, 1.82) is 0 Å². The van der Waals surface area contributed by atoms with Gasteiger partial charge in [0.2, 0.25) is 5.91 Å². The zero-order valence-corrected chi connectivity index (χ0v) is 14.4. The van der Waals surface area contributed by atoms with Gasteiger partial charge in [0, 0.05) is 33.9 Å². The molecule has 0 fully saturated rings. The molecule has 0 aromatic heterocycles. The number of guanidine groups is 1. The van der Waals surface area contributed by atoms with Crippen LogP contribution in [0.3, 0.4) is 0 Å². The molecule has 0 aromatic rings. The average molecular weight is 356 g/mol. The minimum atomic E-state index is -4.42. The highest BCUT2D eigenvalue weighted by molar-refractivity contribution is 5.84. The van der Waals surface area contributed by atoms with Gasteiger partial charge in [0.15, 0.2) is 5.96 Å². The normalized spacial score (nSPS) is 12.2. The van der Waals surface area contributed by atoms with Gasteiger partial charge in [-0.3, -0.25) is 4.79 Å². The summed E-state index contributed by atoms with van der Waals surface area (Å²) in [6.45, 7) is 2.94. The summed E-state index contributed by atoms with van der Waals surface area (Å²) in [6.07, 6.45) is -3.70. The Morgan fingerprint density at radius 3 is 2.50 bits per heavy atom. The summed E-state index contributed by atoms with van der Waals surface area (Å²) in [6, 6.07) is 0. The topological polar surface area (TPSA) is 75.2 Å². The molecule has 0 rings (SSSR count).